The van der Waals surface area contributed by atoms with Crippen molar-refractivity contribution in [1.82, 2.24) is 0 Å². The van der Waals surface area contributed by atoms with Gasteiger partial charge in [0.25, 0.3) is 0 Å². The zero-order valence-electron chi connectivity index (χ0n) is 8.30. The summed E-state index contributed by atoms with van der Waals surface area (Å²) in [5.74, 6) is 0.980. The molecule has 1 aromatic carbocycles. The molecule has 0 spiro atoms. The molecule has 0 saturated heterocycles. The fraction of sp³-hybridized carbons (Fsp3) is 0.400. The van der Waals surface area contributed by atoms with Crippen LogP contribution in [0.4, 0.5) is 0 Å². The fourth-order valence-corrected chi connectivity index (χ4v) is 2.21. The van der Waals surface area contributed by atoms with E-state index in [4.69, 9.17) is 4.43 Å². The predicted octanol–water partition coefficient (Wildman–Crippen LogP) is 4.05. The Kier molecular flexibility index (Phi) is 3.56. The second kappa shape index (κ2) is 4.29. The molecule has 0 aliphatic rings. The van der Waals surface area contributed by atoms with Crippen molar-refractivity contribution in [3.8, 4) is 5.75 Å². The van der Waals surface area contributed by atoms with E-state index in [0.717, 1.165) is 16.3 Å². The molecule has 13 heavy (non-hydrogen) atoms. The highest BCUT2D eigenvalue weighted by Crippen LogP contribution is 2.22. The van der Waals surface area contributed by atoms with Gasteiger partial charge in [-0.25, -0.2) is 0 Å². The minimum absolute atomic E-state index is 0.980. The summed E-state index contributed by atoms with van der Waals surface area (Å²) in [4.78, 5) is 0. The first-order valence-corrected chi connectivity index (χ1v) is 8.39. The molecule has 0 amide bonds. The molecule has 3 heteroatoms. The third-order valence-corrected chi connectivity index (χ3v) is 5.03. The summed E-state index contributed by atoms with van der Waals surface area (Å²) in [6.45, 7) is 6.64. The van der Waals surface area contributed by atoms with Crippen molar-refractivity contribution in [2.75, 3.05) is 0 Å². The van der Waals surface area contributed by atoms with Crippen molar-refractivity contribution >= 4 is 24.2 Å². The Morgan fingerprint density at radius 3 is 2.62 bits per heavy atom. The predicted molar refractivity (Wildman–Crippen MR) is 62.7 cm³/mol. The van der Waals surface area contributed by atoms with Gasteiger partial charge >= 0.3 is 0 Å². The number of rotatable bonds is 3. The van der Waals surface area contributed by atoms with E-state index in [1.807, 2.05) is 24.3 Å². The maximum absolute atomic E-state index is 5.94. The normalized spacial score (nSPS) is 11.4. The van der Waals surface area contributed by atoms with E-state index in [0.29, 0.717) is 0 Å². The molecule has 0 heterocycles. The SMILES string of the molecule is CC[Si](C)(C)Oc1cccc(Br)c1. The van der Waals surface area contributed by atoms with E-state index in [9.17, 15) is 0 Å². The van der Waals surface area contributed by atoms with Crippen LogP contribution in [0.15, 0.2) is 28.7 Å². The van der Waals surface area contributed by atoms with Gasteiger partial charge in [0.05, 0.1) is 0 Å². The average Bonchev–Trinajstić information content (AvgIpc) is 2.03. The van der Waals surface area contributed by atoms with Crippen LogP contribution in [-0.4, -0.2) is 8.32 Å². The first kappa shape index (κ1) is 10.8. The van der Waals surface area contributed by atoms with Crippen molar-refractivity contribution in [3.63, 3.8) is 0 Å². The summed E-state index contributed by atoms with van der Waals surface area (Å²) < 4.78 is 7.02. The first-order valence-electron chi connectivity index (χ1n) is 4.48. The number of hydrogen-bond donors (Lipinski definition) is 0. The summed E-state index contributed by atoms with van der Waals surface area (Å²) in [6.07, 6.45) is 0. The maximum atomic E-state index is 5.94. The highest BCUT2D eigenvalue weighted by molar-refractivity contribution is 9.10. The van der Waals surface area contributed by atoms with Crippen LogP contribution in [0.3, 0.4) is 0 Å². The Labute approximate surface area is 89.4 Å². The van der Waals surface area contributed by atoms with Gasteiger partial charge in [-0.15, -0.1) is 0 Å². The molecule has 1 rings (SSSR count). The minimum Gasteiger partial charge on any atom is -0.544 e. The van der Waals surface area contributed by atoms with Gasteiger partial charge in [0.1, 0.15) is 5.75 Å². The van der Waals surface area contributed by atoms with Crippen LogP contribution in [0, 0.1) is 0 Å². The summed E-state index contributed by atoms with van der Waals surface area (Å²) in [5.41, 5.74) is 0. The van der Waals surface area contributed by atoms with Crippen LogP contribution >= 0.6 is 15.9 Å². The number of hydrogen-bond acceptors (Lipinski definition) is 1. The quantitative estimate of drug-likeness (QED) is 0.744. The minimum atomic E-state index is -1.46. The third kappa shape index (κ3) is 3.52. The lowest BCUT2D eigenvalue weighted by Gasteiger charge is -2.22. The van der Waals surface area contributed by atoms with Gasteiger partial charge in [-0.3, -0.25) is 0 Å². The lowest BCUT2D eigenvalue weighted by atomic mass is 10.3. The van der Waals surface area contributed by atoms with E-state index in [1.54, 1.807) is 0 Å². The Balaban J connectivity index is 2.74. The van der Waals surface area contributed by atoms with E-state index in [2.05, 4.69) is 35.9 Å². The average molecular weight is 259 g/mol. The molecule has 0 aromatic heterocycles. The van der Waals surface area contributed by atoms with Gasteiger partial charge in [-0.05, 0) is 37.3 Å². The third-order valence-electron chi connectivity index (χ3n) is 2.04. The van der Waals surface area contributed by atoms with Crippen molar-refractivity contribution in [2.45, 2.75) is 26.1 Å². The molecule has 0 bridgehead atoms. The maximum Gasteiger partial charge on any atom is 0.244 e. The van der Waals surface area contributed by atoms with Gasteiger partial charge in [0, 0.05) is 4.47 Å². The van der Waals surface area contributed by atoms with Gasteiger partial charge in [0.15, 0.2) is 0 Å². The standard InChI is InChI=1S/C10H15BrOSi/c1-4-13(2,3)12-10-7-5-6-9(11)8-10/h5-8H,4H2,1-3H3. The van der Waals surface area contributed by atoms with Gasteiger partial charge in [-0.1, -0.05) is 28.9 Å². The Morgan fingerprint density at radius 1 is 1.38 bits per heavy atom. The molecule has 1 aromatic rings. The van der Waals surface area contributed by atoms with Crippen molar-refractivity contribution in [1.29, 1.82) is 0 Å². The van der Waals surface area contributed by atoms with Crippen molar-refractivity contribution < 1.29 is 4.43 Å². The second-order valence-electron chi connectivity index (χ2n) is 3.67. The highest BCUT2D eigenvalue weighted by atomic mass is 79.9. The zero-order chi connectivity index (χ0) is 9.90. The zero-order valence-corrected chi connectivity index (χ0v) is 10.9. The second-order valence-corrected chi connectivity index (χ2v) is 9.02. The van der Waals surface area contributed by atoms with Crippen LogP contribution in [0.1, 0.15) is 6.92 Å². The van der Waals surface area contributed by atoms with Crippen LogP contribution in [0.25, 0.3) is 0 Å². The number of benzene rings is 1. The van der Waals surface area contributed by atoms with Gasteiger partial charge in [0.2, 0.25) is 8.32 Å². The molecule has 0 atom stereocenters. The molecule has 0 aliphatic carbocycles. The van der Waals surface area contributed by atoms with Crippen LogP contribution in [-0.2, 0) is 0 Å². The lowest BCUT2D eigenvalue weighted by Crippen LogP contribution is -2.32. The topological polar surface area (TPSA) is 9.23 Å². The summed E-state index contributed by atoms with van der Waals surface area (Å²) in [7, 11) is -1.46. The smallest absolute Gasteiger partial charge is 0.244 e. The molecule has 72 valence electrons. The molecule has 0 saturated carbocycles. The first-order chi connectivity index (χ1) is 6.03. The number of halogens is 1. The van der Waals surface area contributed by atoms with Crippen molar-refractivity contribution in [3.05, 3.63) is 28.7 Å². The Hall–Kier alpha value is -0.283. The van der Waals surface area contributed by atoms with E-state index in [-0.39, 0.29) is 0 Å². The van der Waals surface area contributed by atoms with Crippen LogP contribution < -0.4 is 4.43 Å². The van der Waals surface area contributed by atoms with E-state index in [1.165, 1.54) is 0 Å². The molecule has 1 nitrogen and oxygen atoms in total. The molecule has 0 fully saturated rings. The van der Waals surface area contributed by atoms with Crippen LogP contribution in [0.2, 0.25) is 19.1 Å². The highest BCUT2D eigenvalue weighted by Gasteiger charge is 2.21. The summed E-state index contributed by atoms with van der Waals surface area (Å²) >= 11 is 3.43. The van der Waals surface area contributed by atoms with Crippen LogP contribution in [0.5, 0.6) is 5.75 Å². The van der Waals surface area contributed by atoms with Gasteiger partial charge in [-0.2, -0.15) is 0 Å². The largest absolute Gasteiger partial charge is 0.544 e. The van der Waals surface area contributed by atoms with E-state index >= 15 is 0 Å². The Morgan fingerprint density at radius 2 is 2.08 bits per heavy atom. The summed E-state index contributed by atoms with van der Waals surface area (Å²) in [5, 5.41) is 0. The fourth-order valence-electron chi connectivity index (χ4n) is 0.922. The Bertz CT molecular complexity index is 286. The van der Waals surface area contributed by atoms with Gasteiger partial charge < -0.3 is 4.43 Å². The van der Waals surface area contributed by atoms with Crippen molar-refractivity contribution in [2.24, 2.45) is 0 Å². The molecule has 0 unspecified atom stereocenters. The molecular weight excluding hydrogens is 244 g/mol. The molecule has 0 N–H and O–H groups in total. The van der Waals surface area contributed by atoms with E-state index < -0.39 is 8.32 Å². The molecular formula is C10H15BrOSi. The lowest BCUT2D eigenvalue weighted by molar-refractivity contribution is 0.549. The summed E-state index contributed by atoms with van der Waals surface area (Å²) in [6, 6.07) is 9.17. The molecule has 0 radical (unpaired) electrons. The monoisotopic (exact) mass is 258 g/mol. The molecule has 0 aliphatic heterocycles.